The van der Waals surface area contributed by atoms with Gasteiger partial charge in [0.1, 0.15) is 0 Å². The van der Waals surface area contributed by atoms with Crippen molar-refractivity contribution in [3.8, 4) is 0 Å². The maximum Gasteiger partial charge on any atom is 0.257 e. The minimum absolute atomic E-state index is 0.0856. The first kappa shape index (κ1) is 25.8. The van der Waals surface area contributed by atoms with Gasteiger partial charge in [0.2, 0.25) is 11.8 Å². The fraction of sp³-hybridized carbons (Fsp3) is 0.500. The molecular weight excluding hydrogens is 454 g/mol. The zero-order valence-corrected chi connectivity index (χ0v) is 21.4. The highest BCUT2D eigenvalue weighted by atomic mass is 16.2. The molecule has 2 aliphatic heterocycles. The lowest BCUT2D eigenvalue weighted by Gasteiger charge is -2.33. The Hall–Kier alpha value is -3.26. The number of fused-ring (bicyclic) bond motifs is 2. The molecule has 0 unspecified atom stereocenters. The average molecular weight is 492 g/mol. The summed E-state index contributed by atoms with van der Waals surface area (Å²) < 4.78 is 0. The molecule has 36 heavy (non-hydrogen) atoms. The molecule has 2 aliphatic rings. The van der Waals surface area contributed by atoms with Crippen LogP contribution in [-0.2, 0) is 9.59 Å². The van der Waals surface area contributed by atoms with Crippen molar-refractivity contribution in [2.75, 3.05) is 42.9 Å². The van der Waals surface area contributed by atoms with Gasteiger partial charge in [-0.25, -0.2) is 4.98 Å². The number of carbonyl (C=O) groups excluding carboxylic acids is 3. The van der Waals surface area contributed by atoms with E-state index in [0.717, 1.165) is 51.9 Å². The van der Waals surface area contributed by atoms with E-state index in [9.17, 15) is 14.4 Å². The molecule has 2 aromatic rings. The molecule has 8 heteroatoms. The smallest absolute Gasteiger partial charge is 0.257 e. The van der Waals surface area contributed by atoms with Crippen molar-refractivity contribution in [1.82, 2.24) is 14.8 Å². The van der Waals surface area contributed by atoms with Gasteiger partial charge >= 0.3 is 0 Å². The van der Waals surface area contributed by atoms with E-state index in [2.05, 4.69) is 15.2 Å². The number of para-hydroxylation sites is 1. The number of likely N-dealkylation sites (tertiary alicyclic amines) is 1. The molecule has 4 rings (SSSR count). The van der Waals surface area contributed by atoms with Crippen molar-refractivity contribution < 1.29 is 14.4 Å². The van der Waals surface area contributed by atoms with Crippen LogP contribution in [-0.4, -0.2) is 65.2 Å². The first-order valence-corrected chi connectivity index (χ1v) is 13.2. The third kappa shape index (κ3) is 5.93. The second kappa shape index (κ2) is 12.1. The molecule has 1 N–H and O–H groups in total. The van der Waals surface area contributed by atoms with Crippen LogP contribution in [0.1, 0.15) is 62.7 Å². The van der Waals surface area contributed by atoms with Gasteiger partial charge < -0.3 is 10.2 Å². The van der Waals surface area contributed by atoms with Crippen molar-refractivity contribution in [2.45, 2.75) is 52.4 Å². The van der Waals surface area contributed by atoms with Gasteiger partial charge in [0, 0.05) is 25.7 Å². The van der Waals surface area contributed by atoms with Crippen molar-refractivity contribution in [3.05, 3.63) is 48.2 Å². The number of rotatable bonds is 9. The fourth-order valence-corrected chi connectivity index (χ4v) is 5.20. The summed E-state index contributed by atoms with van der Waals surface area (Å²) in [5.41, 5.74) is 1.56. The highest BCUT2D eigenvalue weighted by Crippen LogP contribution is 2.36. The molecule has 8 nitrogen and oxygen atoms in total. The highest BCUT2D eigenvalue weighted by Gasteiger charge is 2.31. The van der Waals surface area contributed by atoms with E-state index in [4.69, 9.17) is 0 Å². The molecule has 0 atom stereocenters. The minimum atomic E-state index is -0.239. The first-order chi connectivity index (χ1) is 17.5. The van der Waals surface area contributed by atoms with E-state index in [0.29, 0.717) is 35.1 Å². The van der Waals surface area contributed by atoms with E-state index in [-0.39, 0.29) is 24.3 Å². The fourth-order valence-electron chi connectivity index (χ4n) is 5.20. The zero-order valence-electron chi connectivity index (χ0n) is 21.4. The van der Waals surface area contributed by atoms with Crippen molar-refractivity contribution in [2.24, 2.45) is 5.92 Å². The standard InChI is InChI=1S/C28H37N5O3/c1-3-25(34)32(4-2)17-8-7-10-21-14-18-31(19-15-21)20-26(35)33-24-13-6-5-11-22(24)28(36)30-23-12-9-16-29-27(23)33/h5-6,9,11-13,16,21H,3-4,7-8,10,14-15,17-20H2,1-2H3,(H,30,36). The van der Waals surface area contributed by atoms with Crippen molar-refractivity contribution in [1.29, 1.82) is 0 Å². The first-order valence-electron chi connectivity index (χ1n) is 13.2. The maximum atomic E-state index is 13.6. The van der Waals surface area contributed by atoms with E-state index < -0.39 is 0 Å². The molecule has 1 saturated heterocycles. The number of carbonyl (C=O) groups is 3. The van der Waals surface area contributed by atoms with Gasteiger partial charge in [0.25, 0.3) is 5.91 Å². The molecule has 0 saturated carbocycles. The molecule has 3 amide bonds. The Labute approximate surface area is 213 Å². The van der Waals surface area contributed by atoms with Crippen LogP contribution < -0.4 is 10.2 Å². The number of nitrogens with one attached hydrogen (secondary N) is 1. The quantitative estimate of drug-likeness (QED) is 0.524. The molecule has 1 fully saturated rings. The van der Waals surface area contributed by atoms with Crippen LogP contribution in [0.25, 0.3) is 0 Å². The van der Waals surface area contributed by atoms with Gasteiger partial charge in [-0.05, 0) is 69.5 Å². The van der Waals surface area contributed by atoms with Crippen molar-refractivity contribution >= 4 is 34.9 Å². The summed E-state index contributed by atoms with van der Waals surface area (Å²) in [6.45, 7) is 7.64. The third-order valence-electron chi connectivity index (χ3n) is 7.28. The predicted molar refractivity (Wildman–Crippen MR) is 141 cm³/mol. The SMILES string of the molecule is CCC(=O)N(CC)CCCCC1CCN(CC(=O)N2c3ccccc3C(=O)Nc3cccnc32)CC1. The van der Waals surface area contributed by atoms with Gasteiger partial charge in [-0.3, -0.25) is 24.2 Å². The maximum absolute atomic E-state index is 13.6. The Kier molecular flexibility index (Phi) is 8.70. The number of benzene rings is 1. The lowest BCUT2D eigenvalue weighted by atomic mass is 9.91. The Morgan fingerprint density at radius 3 is 2.61 bits per heavy atom. The van der Waals surface area contributed by atoms with Crippen LogP contribution in [0.2, 0.25) is 0 Å². The van der Waals surface area contributed by atoms with Crippen LogP contribution in [0.4, 0.5) is 17.2 Å². The third-order valence-corrected chi connectivity index (χ3v) is 7.28. The largest absolute Gasteiger partial charge is 0.343 e. The molecular formula is C28H37N5O3. The number of anilines is 3. The van der Waals surface area contributed by atoms with Gasteiger partial charge in [0.05, 0.1) is 23.5 Å². The second-order valence-corrected chi connectivity index (χ2v) is 9.62. The normalized spacial score (nSPS) is 16.1. The summed E-state index contributed by atoms with van der Waals surface area (Å²) in [6, 6.07) is 10.7. The van der Waals surface area contributed by atoms with Crippen LogP contribution >= 0.6 is 0 Å². The Balaban J connectivity index is 1.32. The number of piperidine rings is 1. The summed E-state index contributed by atoms with van der Waals surface area (Å²) >= 11 is 0. The van der Waals surface area contributed by atoms with Gasteiger partial charge in [0.15, 0.2) is 5.82 Å². The summed E-state index contributed by atoms with van der Waals surface area (Å²) in [6.07, 6.45) is 7.71. The minimum Gasteiger partial charge on any atom is -0.343 e. The molecule has 1 aromatic heterocycles. The van der Waals surface area contributed by atoms with Gasteiger partial charge in [-0.15, -0.1) is 0 Å². The van der Waals surface area contributed by atoms with E-state index in [1.807, 2.05) is 24.8 Å². The van der Waals surface area contributed by atoms with E-state index in [1.165, 1.54) is 6.42 Å². The number of amides is 3. The number of unbranched alkanes of at least 4 members (excludes halogenated alkanes) is 1. The average Bonchev–Trinajstić information content (AvgIpc) is 3.03. The molecule has 1 aromatic carbocycles. The molecule has 0 aliphatic carbocycles. The van der Waals surface area contributed by atoms with Gasteiger partial charge in [-0.2, -0.15) is 0 Å². The topological polar surface area (TPSA) is 85.9 Å². The number of aromatic nitrogens is 1. The van der Waals surface area contributed by atoms with E-state index >= 15 is 0 Å². The van der Waals surface area contributed by atoms with Crippen LogP contribution in [0.3, 0.4) is 0 Å². The summed E-state index contributed by atoms with van der Waals surface area (Å²) in [5.74, 6) is 1.03. The number of pyridine rings is 1. The lowest BCUT2D eigenvalue weighted by molar-refractivity contribution is -0.130. The monoisotopic (exact) mass is 491 g/mol. The summed E-state index contributed by atoms with van der Waals surface area (Å²) in [5, 5.41) is 2.89. The number of hydrogen-bond donors (Lipinski definition) is 1. The van der Waals surface area contributed by atoms with Crippen LogP contribution in [0, 0.1) is 5.92 Å². The Morgan fingerprint density at radius 1 is 1.08 bits per heavy atom. The summed E-state index contributed by atoms with van der Waals surface area (Å²) in [4.78, 5) is 48.5. The predicted octanol–water partition coefficient (Wildman–Crippen LogP) is 4.45. The lowest BCUT2D eigenvalue weighted by Crippen LogP contribution is -2.42. The molecule has 0 bridgehead atoms. The van der Waals surface area contributed by atoms with E-state index in [1.54, 1.807) is 41.4 Å². The van der Waals surface area contributed by atoms with Crippen molar-refractivity contribution in [3.63, 3.8) is 0 Å². The highest BCUT2D eigenvalue weighted by molar-refractivity contribution is 6.17. The Morgan fingerprint density at radius 2 is 1.86 bits per heavy atom. The Bertz CT molecular complexity index is 1080. The second-order valence-electron chi connectivity index (χ2n) is 9.62. The summed E-state index contributed by atoms with van der Waals surface area (Å²) in [7, 11) is 0. The molecule has 0 spiro atoms. The zero-order chi connectivity index (χ0) is 25.5. The number of hydrogen-bond acceptors (Lipinski definition) is 5. The molecule has 3 heterocycles. The molecule has 0 radical (unpaired) electrons. The van der Waals surface area contributed by atoms with Crippen LogP contribution in [0.5, 0.6) is 0 Å². The molecule has 192 valence electrons. The van der Waals surface area contributed by atoms with Crippen LogP contribution in [0.15, 0.2) is 42.6 Å². The number of nitrogens with zero attached hydrogens (tertiary/aromatic N) is 4. The van der Waals surface area contributed by atoms with Gasteiger partial charge in [-0.1, -0.05) is 31.9 Å².